The number of amides is 2. The van der Waals surface area contributed by atoms with Gasteiger partial charge in [-0.1, -0.05) is 68.7 Å². The Morgan fingerprint density at radius 2 is 1.85 bits per heavy atom. The molecule has 2 aromatic rings. The lowest BCUT2D eigenvalue weighted by molar-refractivity contribution is -0.127. The van der Waals surface area contributed by atoms with Gasteiger partial charge in [0.1, 0.15) is 11.9 Å². The molecule has 1 fully saturated rings. The Labute approximate surface area is 200 Å². The van der Waals surface area contributed by atoms with Crippen molar-refractivity contribution in [1.29, 1.82) is 0 Å². The summed E-state index contributed by atoms with van der Waals surface area (Å²) in [6.45, 7) is 2.02. The molecular weight excluding hydrogens is 435 g/mol. The molecule has 0 aromatic heterocycles. The maximum absolute atomic E-state index is 14.2. The van der Waals surface area contributed by atoms with Crippen molar-refractivity contribution in [1.82, 2.24) is 5.32 Å². The Balaban J connectivity index is 2.03. The molecule has 0 heterocycles. The van der Waals surface area contributed by atoms with Gasteiger partial charge in [0.2, 0.25) is 11.8 Å². The number of halogens is 1. The largest absolute Gasteiger partial charge is 0.351 e. The van der Waals surface area contributed by atoms with Crippen molar-refractivity contribution in [3.63, 3.8) is 0 Å². The molecule has 1 N–H and O–H groups in total. The van der Waals surface area contributed by atoms with Crippen LogP contribution in [-0.2, 0) is 9.59 Å². The van der Waals surface area contributed by atoms with Crippen LogP contribution in [0.4, 0.5) is 10.1 Å². The fraction of sp³-hybridized carbons (Fsp3) is 0.407. The Morgan fingerprint density at radius 1 is 1.12 bits per heavy atom. The maximum atomic E-state index is 14.2. The first-order chi connectivity index (χ1) is 16.0. The quantitative estimate of drug-likeness (QED) is 0.463. The summed E-state index contributed by atoms with van der Waals surface area (Å²) in [5, 5.41) is 3.18. The third kappa shape index (κ3) is 6.94. The first-order valence-corrected chi connectivity index (χ1v) is 12.9. The monoisotopic (exact) mass is 468 g/mol. The van der Waals surface area contributed by atoms with E-state index in [0.29, 0.717) is 11.3 Å². The number of nitrogens with zero attached hydrogens (tertiary/aromatic N) is 1. The van der Waals surface area contributed by atoms with Crippen LogP contribution in [0.25, 0.3) is 0 Å². The Hall–Kier alpha value is -2.60. The van der Waals surface area contributed by atoms with Crippen molar-refractivity contribution in [2.24, 2.45) is 0 Å². The molecule has 1 saturated carbocycles. The molecule has 6 heteroatoms. The van der Waals surface area contributed by atoms with Crippen LogP contribution in [0.3, 0.4) is 0 Å². The van der Waals surface area contributed by atoms with Crippen LogP contribution >= 0.6 is 11.8 Å². The van der Waals surface area contributed by atoms with Crippen LogP contribution in [0.1, 0.15) is 63.5 Å². The number of hydrogen-bond donors (Lipinski definition) is 1. The highest BCUT2D eigenvalue weighted by Crippen LogP contribution is 2.32. The fourth-order valence-electron chi connectivity index (χ4n) is 4.33. The molecule has 2 amide bonds. The van der Waals surface area contributed by atoms with Gasteiger partial charge in [0.05, 0.1) is 6.42 Å². The molecule has 0 aliphatic heterocycles. The highest BCUT2D eigenvalue weighted by atomic mass is 32.2. The van der Waals surface area contributed by atoms with E-state index in [1.165, 1.54) is 35.2 Å². The van der Waals surface area contributed by atoms with Crippen LogP contribution in [0.5, 0.6) is 0 Å². The number of anilines is 1. The summed E-state index contributed by atoms with van der Waals surface area (Å²) in [4.78, 5) is 29.8. The van der Waals surface area contributed by atoms with E-state index in [-0.39, 0.29) is 24.3 Å². The molecule has 0 bridgehead atoms. The predicted octanol–water partition coefficient (Wildman–Crippen LogP) is 6.40. The van der Waals surface area contributed by atoms with Crippen molar-refractivity contribution in [2.45, 2.75) is 64.0 Å². The third-order valence-corrected chi connectivity index (χ3v) is 6.78. The smallest absolute Gasteiger partial charge is 0.248 e. The van der Waals surface area contributed by atoms with Crippen molar-refractivity contribution < 1.29 is 14.0 Å². The van der Waals surface area contributed by atoms with E-state index >= 15 is 0 Å². The average molecular weight is 469 g/mol. The van der Waals surface area contributed by atoms with Crippen molar-refractivity contribution in [3.8, 4) is 0 Å². The Morgan fingerprint density at radius 3 is 2.48 bits per heavy atom. The second kappa shape index (κ2) is 12.6. The highest BCUT2D eigenvalue weighted by molar-refractivity contribution is 8.02. The number of hydrogen-bond acceptors (Lipinski definition) is 3. The zero-order valence-corrected chi connectivity index (χ0v) is 20.2. The van der Waals surface area contributed by atoms with E-state index in [1.54, 1.807) is 12.1 Å². The lowest BCUT2D eigenvalue weighted by atomic mass is 9.94. The van der Waals surface area contributed by atoms with E-state index in [0.717, 1.165) is 37.0 Å². The molecule has 1 atom stereocenters. The Kier molecular flexibility index (Phi) is 9.55. The molecule has 0 unspecified atom stereocenters. The molecule has 0 saturated heterocycles. The number of carbonyl (C=O) groups is 2. The predicted molar refractivity (Wildman–Crippen MR) is 135 cm³/mol. The maximum Gasteiger partial charge on any atom is 0.248 e. The molecule has 0 radical (unpaired) electrons. The van der Waals surface area contributed by atoms with Crippen LogP contribution < -0.4 is 10.2 Å². The topological polar surface area (TPSA) is 49.4 Å². The van der Waals surface area contributed by atoms with Crippen molar-refractivity contribution >= 4 is 29.3 Å². The first-order valence-electron chi connectivity index (χ1n) is 11.7. The van der Waals surface area contributed by atoms with Gasteiger partial charge < -0.3 is 5.32 Å². The van der Waals surface area contributed by atoms with Crippen LogP contribution in [0.2, 0.25) is 0 Å². The van der Waals surface area contributed by atoms with Crippen LogP contribution in [-0.4, -0.2) is 24.1 Å². The van der Waals surface area contributed by atoms with Crippen molar-refractivity contribution in [3.05, 3.63) is 77.0 Å². The molecule has 3 rings (SSSR count). The minimum absolute atomic E-state index is 0.101. The summed E-state index contributed by atoms with van der Waals surface area (Å²) in [5.41, 5.74) is 1.08. The fourth-order valence-corrected chi connectivity index (χ4v) is 4.93. The number of carbonyl (C=O) groups excluding carboxylic acids is 2. The van der Waals surface area contributed by atoms with Gasteiger partial charge in [0.25, 0.3) is 0 Å². The van der Waals surface area contributed by atoms with Gasteiger partial charge in [-0.25, -0.2) is 4.39 Å². The Bertz CT molecular complexity index is 958. The molecular formula is C27H33FN2O2S. The minimum atomic E-state index is -0.882. The standard InChI is InChI=1S/C27H33FN2O2S/c1-3-11-24(33-2)19-25(31)30(23-17-10-14-21(28)18-23)26(20-12-6-4-7-13-20)27(32)29-22-15-8-5-9-16-22/h4,6-7,10-14,17-18,22,26H,3,5,8-9,15-16,19H2,1-2H3,(H,29,32)/b24-11-/t26-/m0/s1. The molecule has 1 aliphatic rings. The normalized spacial score (nSPS) is 15.7. The zero-order valence-electron chi connectivity index (χ0n) is 19.4. The van der Waals surface area contributed by atoms with Gasteiger partial charge >= 0.3 is 0 Å². The third-order valence-electron chi connectivity index (χ3n) is 5.95. The molecule has 4 nitrogen and oxygen atoms in total. The molecule has 33 heavy (non-hydrogen) atoms. The summed E-state index contributed by atoms with van der Waals surface area (Å²) in [7, 11) is 0. The lowest BCUT2D eigenvalue weighted by Crippen LogP contribution is -2.47. The SMILES string of the molecule is CC/C=C(/CC(=O)N(c1cccc(F)c1)[C@H](C(=O)NC1CCCCC1)c1ccccc1)SC. The zero-order chi connectivity index (χ0) is 23.6. The van der Waals surface area contributed by atoms with E-state index in [4.69, 9.17) is 0 Å². The number of benzene rings is 2. The number of allylic oxidation sites excluding steroid dienone is 1. The lowest BCUT2D eigenvalue weighted by Gasteiger charge is -2.33. The second-order valence-electron chi connectivity index (χ2n) is 8.36. The molecule has 176 valence electrons. The molecule has 0 spiro atoms. The summed E-state index contributed by atoms with van der Waals surface area (Å²) in [6, 6.07) is 14.4. The number of thioether (sulfide) groups is 1. The summed E-state index contributed by atoms with van der Waals surface area (Å²) < 4.78 is 14.2. The van der Waals surface area contributed by atoms with Crippen molar-refractivity contribution in [2.75, 3.05) is 11.2 Å². The van der Waals surface area contributed by atoms with Gasteiger partial charge in [0, 0.05) is 11.7 Å². The number of nitrogens with one attached hydrogen (secondary N) is 1. The van der Waals surface area contributed by atoms with E-state index in [9.17, 15) is 14.0 Å². The van der Waals surface area contributed by atoms with Gasteiger partial charge in [0.15, 0.2) is 0 Å². The van der Waals surface area contributed by atoms with Gasteiger partial charge in [-0.3, -0.25) is 14.5 Å². The average Bonchev–Trinajstić information content (AvgIpc) is 2.83. The van der Waals surface area contributed by atoms with Gasteiger partial charge in [-0.2, -0.15) is 0 Å². The van der Waals surface area contributed by atoms with Gasteiger partial charge in [-0.05, 0) is 54.2 Å². The summed E-state index contributed by atoms with van der Waals surface area (Å²) in [6.07, 6.45) is 10.2. The molecule has 1 aliphatic carbocycles. The number of rotatable bonds is 9. The van der Waals surface area contributed by atoms with E-state index in [2.05, 4.69) is 5.32 Å². The van der Waals surface area contributed by atoms with Gasteiger partial charge in [-0.15, -0.1) is 11.8 Å². The highest BCUT2D eigenvalue weighted by Gasteiger charge is 2.34. The summed E-state index contributed by atoms with van der Waals surface area (Å²) >= 11 is 1.52. The first kappa shape index (κ1) is 25.0. The van der Waals surface area contributed by atoms with E-state index < -0.39 is 11.9 Å². The minimum Gasteiger partial charge on any atom is -0.351 e. The second-order valence-corrected chi connectivity index (χ2v) is 9.29. The molecule has 2 aromatic carbocycles. The van der Waals surface area contributed by atoms with Crippen LogP contribution in [0, 0.1) is 5.82 Å². The summed E-state index contributed by atoms with van der Waals surface area (Å²) in [5.74, 6) is -0.905. The van der Waals surface area contributed by atoms with E-state index in [1.807, 2.05) is 49.6 Å². The van der Waals surface area contributed by atoms with Crippen LogP contribution in [0.15, 0.2) is 65.6 Å².